The summed E-state index contributed by atoms with van der Waals surface area (Å²) in [6.45, 7) is 2.06. The highest BCUT2D eigenvalue weighted by Crippen LogP contribution is 1.91. The first kappa shape index (κ1) is 15.1. The fourth-order valence-electron chi connectivity index (χ4n) is 1.26. The summed E-state index contributed by atoms with van der Waals surface area (Å²) < 4.78 is 6.20. The molecule has 0 bridgehead atoms. The third-order valence-electron chi connectivity index (χ3n) is 2.19. The van der Waals surface area contributed by atoms with Crippen LogP contribution >= 0.6 is 0 Å². The molecule has 0 aliphatic heterocycles. The van der Waals surface area contributed by atoms with Crippen LogP contribution in [0.2, 0.25) is 0 Å². The molecular weight excluding hydrogens is 254 g/mol. The third kappa shape index (κ3) is 5.93. The first-order valence-electron chi connectivity index (χ1n) is 5.73. The lowest BCUT2D eigenvalue weighted by atomic mass is 10.5. The van der Waals surface area contributed by atoms with Crippen molar-refractivity contribution in [2.75, 3.05) is 33.4 Å². The van der Waals surface area contributed by atoms with E-state index in [-0.39, 0.29) is 18.1 Å². The molecule has 0 atom stereocenters. The predicted octanol–water partition coefficient (Wildman–Crippen LogP) is -1.67. The van der Waals surface area contributed by atoms with Gasteiger partial charge in [-0.05, 0) is 0 Å². The van der Waals surface area contributed by atoms with Gasteiger partial charge in [0, 0.05) is 20.2 Å². The Hall–Kier alpha value is -2.00. The Morgan fingerprint density at radius 2 is 2.26 bits per heavy atom. The number of methoxy groups -OCH3 is 1. The number of rotatable bonds is 9. The van der Waals surface area contributed by atoms with Gasteiger partial charge in [0.25, 0.3) is 0 Å². The number of carboxylic acids is 1. The molecule has 0 radical (unpaired) electrons. The van der Waals surface area contributed by atoms with Crippen LogP contribution in [-0.2, 0) is 16.1 Å². The lowest BCUT2D eigenvalue weighted by Crippen LogP contribution is -2.36. The minimum Gasteiger partial charge on any atom is -0.476 e. The van der Waals surface area contributed by atoms with E-state index in [0.29, 0.717) is 26.2 Å². The molecule has 0 unspecified atom stereocenters. The second-order valence-electron chi connectivity index (χ2n) is 3.69. The van der Waals surface area contributed by atoms with E-state index in [1.807, 2.05) is 0 Å². The zero-order valence-electron chi connectivity index (χ0n) is 10.6. The number of amides is 1. The van der Waals surface area contributed by atoms with Crippen molar-refractivity contribution in [3.8, 4) is 0 Å². The summed E-state index contributed by atoms with van der Waals surface area (Å²) in [7, 11) is 1.56. The zero-order valence-corrected chi connectivity index (χ0v) is 10.6. The van der Waals surface area contributed by atoms with E-state index in [1.165, 1.54) is 10.9 Å². The van der Waals surface area contributed by atoms with Gasteiger partial charge in [-0.2, -0.15) is 0 Å². The molecule has 0 saturated heterocycles. The molecule has 1 aromatic heterocycles. The molecule has 0 aliphatic rings. The van der Waals surface area contributed by atoms with Crippen LogP contribution in [0.15, 0.2) is 6.20 Å². The van der Waals surface area contributed by atoms with Gasteiger partial charge < -0.3 is 20.5 Å². The van der Waals surface area contributed by atoms with Crippen LogP contribution in [0.1, 0.15) is 10.5 Å². The molecule has 0 aromatic carbocycles. The number of aromatic carboxylic acids is 1. The number of hydrogen-bond donors (Lipinski definition) is 3. The van der Waals surface area contributed by atoms with E-state index in [9.17, 15) is 9.59 Å². The Morgan fingerprint density at radius 1 is 1.47 bits per heavy atom. The highest BCUT2D eigenvalue weighted by molar-refractivity contribution is 5.84. The van der Waals surface area contributed by atoms with Gasteiger partial charge in [-0.25, -0.2) is 4.79 Å². The molecule has 9 heteroatoms. The molecule has 19 heavy (non-hydrogen) atoms. The van der Waals surface area contributed by atoms with Crippen molar-refractivity contribution < 1.29 is 19.4 Å². The summed E-state index contributed by atoms with van der Waals surface area (Å²) in [5, 5.41) is 21.3. The summed E-state index contributed by atoms with van der Waals surface area (Å²) in [6.07, 6.45) is 1.34. The lowest BCUT2D eigenvalue weighted by molar-refractivity contribution is -0.120. The smallest absolute Gasteiger partial charge is 0.358 e. The highest BCUT2D eigenvalue weighted by Gasteiger charge is 2.07. The highest BCUT2D eigenvalue weighted by atomic mass is 16.5. The topological polar surface area (TPSA) is 118 Å². The van der Waals surface area contributed by atoms with Crippen LogP contribution in [0.5, 0.6) is 0 Å². The lowest BCUT2D eigenvalue weighted by Gasteiger charge is -2.05. The van der Waals surface area contributed by atoms with Gasteiger partial charge in [0.1, 0.15) is 0 Å². The second kappa shape index (κ2) is 8.16. The summed E-state index contributed by atoms with van der Waals surface area (Å²) in [5.74, 6) is -1.24. The standard InChI is InChI=1S/C10H17N5O4/c1-19-5-3-12-9(16)6-11-2-4-15-7-8(10(17)18)13-14-15/h7,11H,2-6H2,1H3,(H,12,16)(H,17,18). The van der Waals surface area contributed by atoms with Crippen molar-refractivity contribution in [2.24, 2.45) is 0 Å². The maximum Gasteiger partial charge on any atom is 0.358 e. The Labute approximate surface area is 109 Å². The van der Waals surface area contributed by atoms with Crippen molar-refractivity contribution in [1.29, 1.82) is 0 Å². The molecule has 0 aliphatic carbocycles. The van der Waals surface area contributed by atoms with E-state index in [4.69, 9.17) is 9.84 Å². The van der Waals surface area contributed by atoms with Crippen molar-refractivity contribution in [1.82, 2.24) is 25.6 Å². The van der Waals surface area contributed by atoms with E-state index >= 15 is 0 Å². The summed E-state index contributed by atoms with van der Waals surface area (Å²) in [5.41, 5.74) is -0.0997. The van der Waals surface area contributed by atoms with Crippen molar-refractivity contribution >= 4 is 11.9 Å². The van der Waals surface area contributed by atoms with Gasteiger partial charge in [0.2, 0.25) is 5.91 Å². The molecule has 0 saturated carbocycles. The summed E-state index contributed by atoms with van der Waals surface area (Å²) in [4.78, 5) is 21.8. The maximum atomic E-state index is 11.3. The fourth-order valence-corrected chi connectivity index (χ4v) is 1.26. The van der Waals surface area contributed by atoms with Crippen molar-refractivity contribution in [2.45, 2.75) is 6.54 Å². The van der Waals surface area contributed by atoms with E-state index < -0.39 is 5.97 Å². The number of aromatic nitrogens is 3. The van der Waals surface area contributed by atoms with Gasteiger partial charge in [-0.15, -0.1) is 5.10 Å². The van der Waals surface area contributed by atoms with Crippen molar-refractivity contribution in [3.63, 3.8) is 0 Å². The maximum absolute atomic E-state index is 11.3. The van der Waals surface area contributed by atoms with Crippen LogP contribution < -0.4 is 10.6 Å². The molecule has 106 valence electrons. The number of nitrogens with zero attached hydrogens (tertiary/aromatic N) is 3. The van der Waals surface area contributed by atoms with Gasteiger partial charge >= 0.3 is 5.97 Å². The Bertz CT molecular complexity index is 420. The number of ether oxygens (including phenoxy) is 1. The number of carboxylic acid groups (broad SMARTS) is 1. The van der Waals surface area contributed by atoms with Crippen LogP contribution in [0.3, 0.4) is 0 Å². The Morgan fingerprint density at radius 3 is 2.89 bits per heavy atom. The molecule has 0 spiro atoms. The molecular formula is C10H17N5O4. The summed E-state index contributed by atoms with van der Waals surface area (Å²) >= 11 is 0. The summed E-state index contributed by atoms with van der Waals surface area (Å²) in [6, 6.07) is 0. The van der Waals surface area contributed by atoms with Gasteiger partial charge in [0.15, 0.2) is 5.69 Å². The number of hydrogen-bond acceptors (Lipinski definition) is 6. The number of nitrogens with one attached hydrogen (secondary N) is 2. The second-order valence-corrected chi connectivity index (χ2v) is 3.69. The zero-order chi connectivity index (χ0) is 14.1. The van der Waals surface area contributed by atoms with E-state index in [0.717, 1.165) is 0 Å². The normalized spacial score (nSPS) is 10.4. The van der Waals surface area contributed by atoms with E-state index in [1.54, 1.807) is 7.11 Å². The molecule has 3 N–H and O–H groups in total. The molecule has 1 rings (SSSR count). The number of carbonyl (C=O) groups is 2. The van der Waals surface area contributed by atoms with E-state index in [2.05, 4.69) is 20.9 Å². The average Bonchev–Trinajstić information content (AvgIpc) is 2.84. The number of carbonyl (C=O) groups excluding carboxylic acids is 1. The molecule has 1 amide bonds. The first-order chi connectivity index (χ1) is 9.13. The largest absolute Gasteiger partial charge is 0.476 e. The van der Waals surface area contributed by atoms with Gasteiger partial charge in [-0.1, -0.05) is 5.21 Å². The third-order valence-corrected chi connectivity index (χ3v) is 2.19. The van der Waals surface area contributed by atoms with Crippen LogP contribution in [-0.4, -0.2) is 65.3 Å². The average molecular weight is 271 g/mol. The molecule has 1 heterocycles. The first-order valence-corrected chi connectivity index (χ1v) is 5.73. The minimum absolute atomic E-state index is 0.0997. The fraction of sp³-hybridized carbons (Fsp3) is 0.600. The van der Waals surface area contributed by atoms with Crippen LogP contribution in [0.25, 0.3) is 0 Å². The molecule has 1 aromatic rings. The minimum atomic E-state index is -1.11. The molecule has 0 fully saturated rings. The monoisotopic (exact) mass is 271 g/mol. The SMILES string of the molecule is COCCNC(=O)CNCCn1cc(C(=O)O)nn1. The van der Waals surface area contributed by atoms with Gasteiger partial charge in [0.05, 0.1) is 25.9 Å². The Kier molecular flexibility index (Phi) is 6.47. The van der Waals surface area contributed by atoms with Crippen LogP contribution in [0, 0.1) is 0 Å². The quantitative estimate of drug-likeness (QED) is 0.459. The molecule has 9 nitrogen and oxygen atoms in total. The predicted molar refractivity (Wildman–Crippen MR) is 64.7 cm³/mol. The van der Waals surface area contributed by atoms with Gasteiger partial charge in [-0.3, -0.25) is 9.48 Å². The Balaban J connectivity index is 2.13. The van der Waals surface area contributed by atoms with Crippen LogP contribution in [0.4, 0.5) is 0 Å². The van der Waals surface area contributed by atoms with Crippen molar-refractivity contribution in [3.05, 3.63) is 11.9 Å².